The summed E-state index contributed by atoms with van der Waals surface area (Å²) in [6.07, 6.45) is 1.55. The highest BCUT2D eigenvalue weighted by atomic mass is 127. The highest BCUT2D eigenvalue weighted by Gasteiger charge is 2.15. The molecule has 0 radical (unpaired) electrons. The van der Waals surface area contributed by atoms with Gasteiger partial charge >= 0.3 is 0 Å². The number of carbonyl (C=O) groups excluding carboxylic acids is 1. The minimum absolute atomic E-state index is 0.0133. The maximum Gasteiger partial charge on any atom is 0.262 e. The summed E-state index contributed by atoms with van der Waals surface area (Å²) < 4.78 is 21.3. The van der Waals surface area contributed by atoms with Crippen LogP contribution in [-0.4, -0.2) is 5.91 Å². The first-order valence-corrected chi connectivity index (χ1v) is 11.9. The number of hydrogen-bond donors (Lipinski definition) is 1. The Kier molecular flexibility index (Phi) is 8.64. The fourth-order valence-electron chi connectivity index (χ4n) is 2.98. The van der Waals surface area contributed by atoms with Crippen LogP contribution in [0, 0.1) is 24.3 Å². The van der Waals surface area contributed by atoms with Gasteiger partial charge in [0.15, 0.2) is 0 Å². The van der Waals surface area contributed by atoms with Gasteiger partial charge in [0.25, 0.3) is 5.91 Å². The molecule has 162 valence electrons. The molecule has 0 aliphatic heterocycles. The van der Waals surface area contributed by atoms with Gasteiger partial charge in [0, 0.05) is 5.56 Å². The van der Waals surface area contributed by atoms with Crippen LogP contribution in [0.3, 0.4) is 0 Å². The van der Waals surface area contributed by atoms with Crippen LogP contribution >= 0.6 is 45.2 Å². The molecule has 0 heterocycles. The molecule has 0 bridgehead atoms. The molecule has 4 nitrogen and oxygen atoms in total. The van der Waals surface area contributed by atoms with E-state index in [2.05, 4.69) is 50.5 Å². The maximum absolute atomic E-state index is 13.9. The summed E-state index contributed by atoms with van der Waals surface area (Å²) in [5.74, 6) is -0.118. The predicted octanol–water partition coefficient (Wildman–Crippen LogP) is 6.40. The van der Waals surface area contributed by atoms with Gasteiger partial charge in [0.05, 0.1) is 13.2 Å². The van der Waals surface area contributed by atoms with Crippen LogP contribution < -0.4 is 10.1 Å². The first kappa shape index (κ1) is 24.2. The van der Waals surface area contributed by atoms with Gasteiger partial charge in [-0.25, -0.2) is 4.39 Å². The Morgan fingerprint density at radius 1 is 1.12 bits per heavy atom. The fraction of sp³-hybridized carbons (Fsp3) is 0.120. The Hall–Kier alpha value is -2.45. The Morgan fingerprint density at radius 2 is 1.75 bits per heavy atom. The second-order valence-electron chi connectivity index (χ2n) is 6.97. The van der Waals surface area contributed by atoms with Crippen LogP contribution in [0.1, 0.15) is 29.7 Å². The van der Waals surface area contributed by atoms with Crippen molar-refractivity contribution >= 4 is 57.2 Å². The predicted molar refractivity (Wildman–Crippen MR) is 139 cm³/mol. The molecule has 1 atom stereocenters. The molecule has 0 saturated heterocycles. The zero-order chi connectivity index (χ0) is 23.1. The fourth-order valence-corrected chi connectivity index (χ4v) is 5.11. The van der Waals surface area contributed by atoms with Crippen molar-refractivity contribution in [2.45, 2.75) is 19.6 Å². The summed E-state index contributed by atoms with van der Waals surface area (Å²) in [7, 11) is 0. The second kappa shape index (κ2) is 11.4. The number of halogens is 3. The maximum atomic E-state index is 13.9. The van der Waals surface area contributed by atoms with Crippen molar-refractivity contribution in [1.29, 1.82) is 5.26 Å². The number of benzene rings is 3. The number of rotatable bonds is 7. The molecule has 0 aliphatic carbocycles. The molecular weight excluding hydrogens is 633 g/mol. The van der Waals surface area contributed by atoms with Crippen molar-refractivity contribution in [3.63, 3.8) is 0 Å². The number of amides is 1. The Balaban J connectivity index is 1.75. The van der Waals surface area contributed by atoms with Gasteiger partial charge in [-0.15, -0.1) is 0 Å². The largest absolute Gasteiger partial charge is 0.487 e. The lowest BCUT2D eigenvalue weighted by Crippen LogP contribution is -2.27. The van der Waals surface area contributed by atoms with E-state index in [0.717, 1.165) is 12.7 Å². The van der Waals surface area contributed by atoms with E-state index in [1.807, 2.05) is 55.5 Å². The van der Waals surface area contributed by atoms with Gasteiger partial charge < -0.3 is 10.1 Å². The summed E-state index contributed by atoms with van der Waals surface area (Å²) in [5, 5.41) is 12.4. The quantitative estimate of drug-likeness (QED) is 0.183. The van der Waals surface area contributed by atoms with Gasteiger partial charge in [-0.1, -0.05) is 48.5 Å². The number of hydrogen-bond acceptors (Lipinski definition) is 3. The SMILES string of the molecule is C[C@H](NC(=O)/C(C#N)=C\c1cc(I)c(OCc2ccccc2F)c(I)c1)c1ccccc1. The average Bonchev–Trinajstić information content (AvgIpc) is 2.78. The van der Waals surface area contributed by atoms with E-state index in [1.54, 1.807) is 24.3 Å². The molecular formula is C25H19FI2N2O2. The molecule has 3 aromatic rings. The van der Waals surface area contributed by atoms with Gasteiger partial charge in [0.1, 0.15) is 29.8 Å². The number of nitrogens with zero attached hydrogens (tertiary/aromatic N) is 1. The van der Waals surface area contributed by atoms with Crippen LogP contribution in [-0.2, 0) is 11.4 Å². The highest BCUT2D eigenvalue weighted by molar-refractivity contribution is 14.1. The first-order valence-electron chi connectivity index (χ1n) is 9.72. The monoisotopic (exact) mass is 652 g/mol. The Morgan fingerprint density at radius 3 is 2.38 bits per heavy atom. The van der Waals surface area contributed by atoms with E-state index < -0.39 is 5.91 Å². The zero-order valence-electron chi connectivity index (χ0n) is 17.1. The number of nitrogens with one attached hydrogen (secondary N) is 1. The Labute approximate surface area is 213 Å². The van der Waals surface area contributed by atoms with Crippen molar-refractivity contribution in [3.05, 3.63) is 102 Å². The lowest BCUT2D eigenvalue weighted by molar-refractivity contribution is -0.117. The smallest absolute Gasteiger partial charge is 0.262 e. The Bertz CT molecular complexity index is 1170. The summed E-state index contributed by atoms with van der Waals surface area (Å²) >= 11 is 4.26. The standard InChI is InChI=1S/C25H19FI2N2O2/c1-16(18-7-3-2-4-8-18)30-25(31)20(14-29)11-17-12-22(27)24(23(28)13-17)32-15-19-9-5-6-10-21(19)26/h2-13,16H,15H2,1H3,(H,30,31)/b20-11-/t16-/m0/s1. The summed E-state index contributed by atoms with van der Waals surface area (Å²) in [5.41, 5.74) is 2.15. The minimum Gasteiger partial charge on any atom is -0.487 e. The normalized spacial score (nSPS) is 12.0. The second-order valence-corrected chi connectivity index (χ2v) is 9.29. The lowest BCUT2D eigenvalue weighted by Gasteiger charge is -2.14. The topological polar surface area (TPSA) is 62.1 Å². The van der Waals surface area contributed by atoms with Gasteiger partial charge in [-0.05, 0) is 87.5 Å². The highest BCUT2D eigenvalue weighted by Crippen LogP contribution is 2.31. The molecule has 1 amide bonds. The van der Waals surface area contributed by atoms with E-state index in [4.69, 9.17) is 4.74 Å². The van der Waals surface area contributed by atoms with Gasteiger partial charge in [-0.2, -0.15) is 5.26 Å². The number of ether oxygens (including phenoxy) is 1. The van der Waals surface area contributed by atoms with Gasteiger partial charge in [0.2, 0.25) is 0 Å². The summed E-state index contributed by atoms with van der Waals surface area (Å²) in [6.45, 7) is 1.98. The number of nitriles is 1. The molecule has 7 heteroatoms. The summed E-state index contributed by atoms with van der Waals surface area (Å²) in [6, 6.07) is 21.4. The minimum atomic E-state index is -0.436. The van der Waals surface area contributed by atoms with Crippen LogP contribution in [0.4, 0.5) is 4.39 Å². The molecule has 0 fully saturated rings. The molecule has 0 aliphatic rings. The molecule has 0 unspecified atom stereocenters. The molecule has 0 aromatic heterocycles. The summed E-state index contributed by atoms with van der Waals surface area (Å²) in [4.78, 5) is 12.6. The molecule has 32 heavy (non-hydrogen) atoms. The zero-order valence-corrected chi connectivity index (χ0v) is 21.4. The first-order chi connectivity index (χ1) is 15.4. The third-order valence-corrected chi connectivity index (χ3v) is 6.28. The molecule has 0 saturated carbocycles. The van der Waals surface area contributed by atoms with E-state index in [1.165, 1.54) is 6.07 Å². The van der Waals surface area contributed by atoms with Crippen LogP contribution in [0.2, 0.25) is 0 Å². The van der Waals surface area contributed by atoms with Crippen LogP contribution in [0.5, 0.6) is 5.75 Å². The van der Waals surface area contributed by atoms with Gasteiger partial charge in [-0.3, -0.25) is 4.79 Å². The van der Waals surface area contributed by atoms with E-state index in [-0.39, 0.29) is 24.0 Å². The third kappa shape index (κ3) is 6.29. The molecule has 0 spiro atoms. The van der Waals surface area contributed by atoms with Crippen LogP contribution in [0.15, 0.2) is 72.3 Å². The van der Waals surface area contributed by atoms with Crippen LogP contribution in [0.25, 0.3) is 6.08 Å². The van der Waals surface area contributed by atoms with Crippen molar-refractivity contribution in [1.82, 2.24) is 5.32 Å². The molecule has 3 rings (SSSR count). The molecule has 1 N–H and O–H groups in total. The molecule has 3 aromatic carbocycles. The van der Waals surface area contributed by atoms with Crippen molar-refractivity contribution in [2.24, 2.45) is 0 Å². The van der Waals surface area contributed by atoms with E-state index in [9.17, 15) is 14.4 Å². The van der Waals surface area contributed by atoms with Crippen molar-refractivity contribution in [3.8, 4) is 11.8 Å². The third-order valence-electron chi connectivity index (χ3n) is 4.67. The lowest BCUT2D eigenvalue weighted by atomic mass is 10.1. The van der Waals surface area contributed by atoms with Crippen molar-refractivity contribution in [2.75, 3.05) is 0 Å². The van der Waals surface area contributed by atoms with Crippen molar-refractivity contribution < 1.29 is 13.9 Å². The van der Waals surface area contributed by atoms with E-state index in [0.29, 0.717) is 16.9 Å². The number of carbonyl (C=O) groups is 1. The van der Waals surface area contributed by atoms with E-state index >= 15 is 0 Å². The average molecular weight is 652 g/mol.